The largest absolute Gasteiger partial charge is 0.355 e. The molecule has 0 aliphatic heterocycles. The van der Waals surface area contributed by atoms with Crippen LogP contribution in [-0.4, -0.2) is 28.2 Å². The van der Waals surface area contributed by atoms with E-state index in [1.807, 2.05) is 6.07 Å². The Morgan fingerprint density at radius 3 is 2.84 bits per heavy atom. The van der Waals surface area contributed by atoms with E-state index in [0.717, 1.165) is 44.3 Å². The van der Waals surface area contributed by atoms with Crippen LogP contribution in [0.25, 0.3) is 0 Å². The molecule has 0 bridgehead atoms. The third-order valence-electron chi connectivity index (χ3n) is 3.85. The molecule has 1 aliphatic carbocycles. The third kappa shape index (κ3) is 3.56. The summed E-state index contributed by atoms with van der Waals surface area (Å²) in [5, 5.41) is 13.4. The Morgan fingerprint density at radius 1 is 1.42 bits per heavy atom. The van der Waals surface area contributed by atoms with Crippen LogP contribution in [-0.2, 0) is 11.3 Å². The van der Waals surface area contributed by atoms with E-state index < -0.39 is 5.54 Å². The summed E-state index contributed by atoms with van der Waals surface area (Å²) in [5.41, 5.74) is 0.631. The lowest BCUT2D eigenvalue weighted by Gasteiger charge is -2.36. The molecular formula is C14H24N4O. The van der Waals surface area contributed by atoms with Gasteiger partial charge < -0.3 is 5.32 Å². The fourth-order valence-electron chi connectivity index (χ4n) is 2.69. The second-order valence-electron chi connectivity index (χ2n) is 5.33. The van der Waals surface area contributed by atoms with Crippen molar-refractivity contribution < 1.29 is 4.79 Å². The van der Waals surface area contributed by atoms with Crippen molar-refractivity contribution in [3.8, 4) is 0 Å². The maximum atomic E-state index is 12.4. The van der Waals surface area contributed by atoms with Crippen LogP contribution < -0.4 is 10.6 Å². The summed E-state index contributed by atoms with van der Waals surface area (Å²) in [5.74, 6) is 0.161. The summed E-state index contributed by atoms with van der Waals surface area (Å²) in [6, 6.07) is 1.94. The molecule has 0 radical (unpaired) electrons. The van der Waals surface area contributed by atoms with Gasteiger partial charge in [-0.1, -0.05) is 26.2 Å². The van der Waals surface area contributed by atoms with Crippen molar-refractivity contribution in [3.05, 3.63) is 18.0 Å². The molecule has 1 heterocycles. The molecule has 1 aliphatic rings. The van der Waals surface area contributed by atoms with Crippen molar-refractivity contribution in [2.45, 2.75) is 57.5 Å². The van der Waals surface area contributed by atoms with E-state index in [2.05, 4.69) is 27.8 Å². The van der Waals surface area contributed by atoms with Gasteiger partial charge in [0.2, 0.25) is 5.91 Å². The van der Waals surface area contributed by atoms with E-state index >= 15 is 0 Å². The number of H-pyrrole nitrogens is 1. The molecule has 5 nitrogen and oxygen atoms in total. The summed E-state index contributed by atoms with van der Waals surface area (Å²) in [7, 11) is 0. The molecule has 0 saturated heterocycles. The Labute approximate surface area is 114 Å². The van der Waals surface area contributed by atoms with Gasteiger partial charge in [-0.25, -0.2) is 0 Å². The molecule has 0 spiro atoms. The van der Waals surface area contributed by atoms with E-state index in [-0.39, 0.29) is 5.91 Å². The van der Waals surface area contributed by atoms with Gasteiger partial charge in [-0.15, -0.1) is 0 Å². The van der Waals surface area contributed by atoms with Gasteiger partial charge in [0.25, 0.3) is 0 Å². The molecule has 0 unspecified atom stereocenters. The number of hydrogen-bond acceptors (Lipinski definition) is 3. The van der Waals surface area contributed by atoms with Crippen molar-refractivity contribution in [3.63, 3.8) is 0 Å². The van der Waals surface area contributed by atoms with Crippen LogP contribution >= 0.6 is 0 Å². The van der Waals surface area contributed by atoms with E-state index in [9.17, 15) is 4.79 Å². The molecule has 0 atom stereocenters. The molecule has 1 fully saturated rings. The van der Waals surface area contributed by atoms with Crippen LogP contribution in [0.5, 0.6) is 0 Å². The van der Waals surface area contributed by atoms with Crippen LogP contribution in [0.1, 0.15) is 51.1 Å². The maximum Gasteiger partial charge on any atom is 0.240 e. The predicted molar refractivity (Wildman–Crippen MR) is 74.5 cm³/mol. The van der Waals surface area contributed by atoms with Crippen molar-refractivity contribution in [1.82, 2.24) is 20.8 Å². The second kappa shape index (κ2) is 6.70. The summed E-state index contributed by atoms with van der Waals surface area (Å²) in [4.78, 5) is 12.4. The van der Waals surface area contributed by atoms with Crippen molar-refractivity contribution >= 4 is 5.91 Å². The molecule has 5 heteroatoms. The highest BCUT2D eigenvalue weighted by Gasteiger charge is 2.38. The number of nitrogens with zero attached hydrogens (tertiary/aromatic N) is 1. The first-order chi connectivity index (χ1) is 9.27. The minimum atomic E-state index is -0.390. The van der Waals surface area contributed by atoms with Gasteiger partial charge in [-0.3, -0.25) is 15.2 Å². The van der Waals surface area contributed by atoms with Gasteiger partial charge in [0.1, 0.15) is 0 Å². The number of aromatic nitrogens is 2. The lowest BCUT2D eigenvalue weighted by Crippen LogP contribution is -2.57. The van der Waals surface area contributed by atoms with Gasteiger partial charge in [0.05, 0.1) is 5.54 Å². The highest BCUT2D eigenvalue weighted by atomic mass is 16.2. The van der Waals surface area contributed by atoms with E-state index in [0.29, 0.717) is 6.54 Å². The maximum absolute atomic E-state index is 12.4. The SMILES string of the molecule is CCCNC(=O)C1(NCc2ccn[nH]2)CCCCC1. The van der Waals surface area contributed by atoms with E-state index in [4.69, 9.17) is 0 Å². The number of amides is 1. The Bertz CT molecular complexity index is 382. The topological polar surface area (TPSA) is 69.8 Å². The normalized spacial score (nSPS) is 18.2. The molecule has 1 aromatic heterocycles. The zero-order chi connectivity index (χ0) is 13.6. The molecule has 106 valence electrons. The standard InChI is InChI=1S/C14H24N4O/c1-2-9-15-13(19)14(7-4-3-5-8-14)16-11-12-6-10-17-18-12/h6,10,16H,2-5,7-9,11H2,1H3,(H,15,19)(H,17,18). The predicted octanol–water partition coefficient (Wildman–Crippen LogP) is 1.73. The molecule has 0 aromatic carbocycles. The number of hydrogen-bond donors (Lipinski definition) is 3. The fraction of sp³-hybridized carbons (Fsp3) is 0.714. The van der Waals surface area contributed by atoms with Crippen LogP contribution in [0.3, 0.4) is 0 Å². The van der Waals surface area contributed by atoms with Gasteiger partial charge in [0, 0.05) is 25.0 Å². The number of rotatable bonds is 6. The average molecular weight is 264 g/mol. The lowest BCUT2D eigenvalue weighted by atomic mass is 9.80. The molecule has 1 aromatic rings. The molecule has 19 heavy (non-hydrogen) atoms. The van der Waals surface area contributed by atoms with Gasteiger partial charge in [0.15, 0.2) is 0 Å². The first-order valence-corrected chi connectivity index (χ1v) is 7.28. The van der Waals surface area contributed by atoms with Crippen molar-refractivity contribution in [1.29, 1.82) is 0 Å². The van der Waals surface area contributed by atoms with Crippen LogP contribution in [0.15, 0.2) is 12.3 Å². The smallest absolute Gasteiger partial charge is 0.240 e. The monoisotopic (exact) mass is 264 g/mol. The van der Waals surface area contributed by atoms with Gasteiger partial charge in [-0.05, 0) is 25.3 Å². The minimum Gasteiger partial charge on any atom is -0.355 e. The molecule has 2 rings (SSSR count). The quantitative estimate of drug-likeness (QED) is 0.733. The summed E-state index contributed by atoms with van der Waals surface area (Å²) in [6.07, 6.45) is 8.04. The molecular weight excluding hydrogens is 240 g/mol. The third-order valence-corrected chi connectivity index (χ3v) is 3.85. The summed E-state index contributed by atoms with van der Waals surface area (Å²) >= 11 is 0. The van der Waals surface area contributed by atoms with Gasteiger partial charge in [-0.2, -0.15) is 5.10 Å². The van der Waals surface area contributed by atoms with Crippen LogP contribution in [0, 0.1) is 0 Å². The number of carbonyl (C=O) groups is 1. The first kappa shape index (κ1) is 14.1. The van der Waals surface area contributed by atoms with Crippen molar-refractivity contribution in [2.75, 3.05) is 6.54 Å². The second-order valence-corrected chi connectivity index (χ2v) is 5.33. The lowest BCUT2D eigenvalue weighted by molar-refractivity contribution is -0.129. The van der Waals surface area contributed by atoms with Crippen LogP contribution in [0.4, 0.5) is 0 Å². The zero-order valence-electron chi connectivity index (χ0n) is 11.7. The average Bonchev–Trinajstić information content (AvgIpc) is 2.97. The Balaban J connectivity index is 1.99. The van der Waals surface area contributed by atoms with E-state index in [1.165, 1.54) is 6.42 Å². The van der Waals surface area contributed by atoms with Gasteiger partial charge >= 0.3 is 0 Å². The molecule has 1 amide bonds. The molecule has 1 saturated carbocycles. The highest BCUT2D eigenvalue weighted by molar-refractivity contribution is 5.86. The highest BCUT2D eigenvalue weighted by Crippen LogP contribution is 2.28. The first-order valence-electron chi connectivity index (χ1n) is 7.28. The Morgan fingerprint density at radius 2 is 2.21 bits per heavy atom. The Kier molecular flexibility index (Phi) is 4.96. The van der Waals surface area contributed by atoms with Crippen molar-refractivity contribution in [2.24, 2.45) is 0 Å². The number of nitrogens with one attached hydrogen (secondary N) is 3. The number of aromatic amines is 1. The van der Waals surface area contributed by atoms with Crippen LogP contribution in [0.2, 0.25) is 0 Å². The number of carbonyl (C=O) groups excluding carboxylic acids is 1. The zero-order valence-corrected chi connectivity index (χ0v) is 11.7. The Hall–Kier alpha value is -1.36. The summed E-state index contributed by atoms with van der Waals surface area (Å²) < 4.78 is 0. The van der Waals surface area contributed by atoms with E-state index in [1.54, 1.807) is 6.20 Å². The minimum absolute atomic E-state index is 0.161. The fourth-order valence-corrected chi connectivity index (χ4v) is 2.69. The molecule has 3 N–H and O–H groups in total. The summed E-state index contributed by atoms with van der Waals surface area (Å²) in [6.45, 7) is 3.50.